The highest BCUT2D eigenvalue weighted by molar-refractivity contribution is 7.90. The number of anilines is 1. The number of carbonyl (C=O) groups excluding carboxylic acids is 1. The molecule has 0 aliphatic carbocycles. The number of benzene rings is 1. The zero-order chi connectivity index (χ0) is 20.9. The van der Waals surface area contributed by atoms with Crippen LogP contribution in [0.3, 0.4) is 0 Å². The molecule has 4 heterocycles. The Bertz CT molecular complexity index is 1310. The summed E-state index contributed by atoms with van der Waals surface area (Å²) in [6.45, 7) is 1.65. The maximum Gasteiger partial charge on any atom is 0.269 e. The van der Waals surface area contributed by atoms with Gasteiger partial charge in [-0.25, -0.2) is 17.4 Å². The number of hydrogen-bond donors (Lipinski definition) is 1. The lowest BCUT2D eigenvalue weighted by Gasteiger charge is -2.21. The maximum atomic E-state index is 13.5. The summed E-state index contributed by atoms with van der Waals surface area (Å²) >= 11 is 0. The molecular weight excluding hydrogens is 404 g/mol. The van der Waals surface area contributed by atoms with E-state index in [1.807, 2.05) is 12.1 Å². The summed E-state index contributed by atoms with van der Waals surface area (Å²) in [6, 6.07) is 8.16. The van der Waals surface area contributed by atoms with Gasteiger partial charge in [-0.15, -0.1) is 0 Å². The van der Waals surface area contributed by atoms with Gasteiger partial charge >= 0.3 is 0 Å². The van der Waals surface area contributed by atoms with Gasteiger partial charge in [0, 0.05) is 36.4 Å². The van der Waals surface area contributed by atoms with Crippen molar-refractivity contribution in [2.75, 3.05) is 32.1 Å². The van der Waals surface area contributed by atoms with Gasteiger partial charge in [0.2, 0.25) is 0 Å². The van der Waals surface area contributed by atoms with Crippen LogP contribution >= 0.6 is 0 Å². The van der Waals surface area contributed by atoms with Gasteiger partial charge in [0.1, 0.15) is 5.75 Å². The van der Waals surface area contributed by atoms with Gasteiger partial charge in [0.25, 0.3) is 15.9 Å². The van der Waals surface area contributed by atoms with Crippen LogP contribution in [0.1, 0.15) is 12.0 Å². The lowest BCUT2D eigenvalue weighted by Crippen LogP contribution is -2.25. The normalized spacial score (nSPS) is 17.2. The molecule has 0 radical (unpaired) electrons. The predicted molar refractivity (Wildman–Crippen MR) is 113 cm³/mol. The Morgan fingerprint density at radius 2 is 2.10 bits per heavy atom. The molecule has 1 N–H and O–H groups in total. The Hall–Kier alpha value is -3.17. The van der Waals surface area contributed by atoms with Gasteiger partial charge in [0.15, 0.2) is 12.3 Å². The summed E-state index contributed by atoms with van der Waals surface area (Å²) in [4.78, 5) is 18.2. The highest BCUT2D eigenvalue weighted by Crippen LogP contribution is 2.34. The number of nitrogens with one attached hydrogen (secondary N) is 1. The lowest BCUT2D eigenvalue weighted by molar-refractivity contribution is -0.118. The third kappa shape index (κ3) is 3.06. The van der Waals surface area contributed by atoms with E-state index in [2.05, 4.69) is 28.3 Å². The van der Waals surface area contributed by atoms with E-state index >= 15 is 0 Å². The van der Waals surface area contributed by atoms with Crippen molar-refractivity contribution in [1.29, 1.82) is 0 Å². The van der Waals surface area contributed by atoms with Gasteiger partial charge in [-0.05, 0) is 49.4 Å². The van der Waals surface area contributed by atoms with Crippen molar-refractivity contribution < 1.29 is 17.9 Å². The number of ether oxygens (including phenoxy) is 1. The van der Waals surface area contributed by atoms with Crippen LogP contribution in [0.4, 0.5) is 5.69 Å². The first kappa shape index (κ1) is 18.8. The molecule has 0 saturated carbocycles. The van der Waals surface area contributed by atoms with Crippen LogP contribution in [-0.2, 0) is 14.8 Å². The van der Waals surface area contributed by atoms with Crippen molar-refractivity contribution >= 4 is 38.2 Å². The Kier molecular flexibility index (Phi) is 4.37. The fraction of sp³-hybridized carbons (Fsp3) is 0.238. The highest BCUT2D eigenvalue weighted by atomic mass is 32.2. The van der Waals surface area contributed by atoms with Crippen molar-refractivity contribution in [2.24, 2.45) is 0 Å². The van der Waals surface area contributed by atoms with Gasteiger partial charge < -0.3 is 15.0 Å². The number of carbonyl (C=O) groups is 1. The molecule has 2 aromatic heterocycles. The SMILES string of the molecule is CN1CC=C(c2cn(S(=O)(=O)c3ccc4c(c3)NC(=O)CO4)c3ncccc23)CC1. The van der Waals surface area contributed by atoms with Crippen LogP contribution < -0.4 is 10.1 Å². The summed E-state index contributed by atoms with van der Waals surface area (Å²) in [5.41, 5.74) is 2.72. The summed E-state index contributed by atoms with van der Waals surface area (Å²) in [7, 11) is -1.88. The first-order valence-electron chi connectivity index (χ1n) is 9.60. The smallest absolute Gasteiger partial charge is 0.269 e. The second-order valence-corrected chi connectivity index (χ2v) is 9.27. The van der Waals surface area contributed by atoms with Crippen LogP contribution in [0.5, 0.6) is 5.75 Å². The number of amides is 1. The van der Waals surface area contributed by atoms with Crippen molar-refractivity contribution in [3.63, 3.8) is 0 Å². The molecule has 2 aliphatic heterocycles. The molecule has 1 aromatic carbocycles. The van der Waals surface area contributed by atoms with Gasteiger partial charge in [0.05, 0.1) is 10.6 Å². The molecule has 0 fully saturated rings. The number of rotatable bonds is 3. The predicted octanol–water partition coefficient (Wildman–Crippen LogP) is 2.32. The summed E-state index contributed by atoms with van der Waals surface area (Å²) < 4.78 is 33.6. The molecule has 0 spiro atoms. The molecular formula is C21H20N4O4S. The highest BCUT2D eigenvalue weighted by Gasteiger charge is 2.26. The van der Waals surface area contributed by atoms with Crippen molar-refractivity contribution in [3.05, 3.63) is 54.4 Å². The fourth-order valence-corrected chi connectivity index (χ4v) is 5.17. The molecule has 8 nitrogen and oxygen atoms in total. The zero-order valence-corrected chi connectivity index (χ0v) is 17.1. The third-order valence-electron chi connectivity index (χ3n) is 5.43. The van der Waals surface area contributed by atoms with E-state index < -0.39 is 10.0 Å². The zero-order valence-electron chi connectivity index (χ0n) is 16.3. The third-order valence-corrected chi connectivity index (χ3v) is 7.08. The molecule has 0 saturated heterocycles. The van der Waals surface area contributed by atoms with Crippen LogP contribution in [0.2, 0.25) is 0 Å². The Morgan fingerprint density at radius 3 is 2.90 bits per heavy atom. The summed E-state index contributed by atoms with van der Waals surface area (Å²) in [5, 5.41) is 3.45. The quantitative estimate of drug-likeness (QED) is 0.694. The average Bonchev–Trinajstić information content (AvgIpc) is 3.14. The van der Waals surface area contributed by atoms with E-state index in [0.29, 0.717) is 17.1 Å². The largest absolute Gasteiger partial charge is 0.482 e. The number of nitrogens with zero attached hydrogens (tertiary/aromatic N) is 3. The minimum atomic E-state index is -3.94. The van der Waals surface area contributed by atoms with Crippen LogP contribution in [0, 0.1) is 0 Å². The molecule has 3 aromatic rings. The van der Waals surface area contributed by atoms with E-state index in [0.717, 1.165) is 36.0 Å². The molecule has 0 atom stereocenters. The minimum absolute atomic E-state index is 0.0542. The van der Waals surface area contributed by atoms with Crippen molar-refractivity contribution in [3.8, 4) is 5.75 Å². The van der Waals surface area contributed by atoms with E-state index in [1.54, 1.807) is 18.5 Å². The second-order valence-electron chi connectivity index (χ2n) is 7.45. The lowest BCUT2D eigenvalue weighted by atomic mass is 10.00. The number of likely N-dealkylation sites (N-methyl/N-ethyl adjacent to an activating group) is 1. The molecule has 5 rings (SSSR count). The topological polar surface area (TPSA) is 93.5 Å². The van der Waals surface area contributed by atoms with Crippen LogP contribution in [0.25, 0.3) is 16.6 Å². The number of fused-ring (bicyclic) bond motifs is 2. The van der Waals surface area contributed by atoms with E-state index in [4.69, 9.17) is 4.74 Å². The van der Waals surface area contributed by atoms with Gasteiger partial charge in [-0.3, -0.25) is 4.79 Å². The van der Waals surface area contributed by atoms with Gasteiger partial charge in [-0.1, -0.05) is 6.08 Å². The monoisotopic (exact) mass is 424 g/mol. The fourth-order valence-electron chi connectivity index (χ4n) is 3.82. The molecule has 2 aliphatic rings. The van der Waals surface area contributed by atoms with E-state index in [1.165, 1.54) is 16.1 Å². The van der Waals surface area contributed by atoms with E-state index in [-0.39, 0.29) is 17.4 Å². The average molecular weight is 424 g/mol. The molecule has 30 heavy (non-hydrogen) atoms. The van der Waals surface area contributed by atoms with Crippen molar-refractivity contribution in [2.45, 2.75) is 11.3 Å². The van der Waals surface area contributed by atoms with E-state index in [9.17, 15) is 13.2 Å². The maximum absolute atomic E-state index is 13.5. The standard InChI is InChI=1S/C21H20N4O4S/c1-24-9-6-14(7-10-24)17-12-25(21-16(17)3-2-8-22-21)30(27,28)15-4-5-19-18(11-15)23-20(26)13-29-19/h2-6,8,11-12H,7,9-10,13H2,1H3,(H,23,26). The number of pyridine rings is 1. The molecule has 0 unspecified atom stereocenters. The minimum Gasteiger partial charge on any atom is -0.482 e. The Labute approximate surface area is 173 Å². The second kappa shape index (κ2) is 6.96. The molecule has 9 heteroatoms. The number of aromatic nitrogens is 2. The van der Waals surface area contributed by atoms with Crippen LogP contribution in [0.15, 0.2) is 53.7 Å². The van der Waals surface area contributed by atoms with Gasteiger partial charge in [-0.2, -0.15) is 0 Å². The summed E-state index contributed by atoms with van der Waals surface area (Å²) in [5.74, 6) is 0.128. The molecule has 154 valence electrons. The Morgan fingerprint density at radius 1 is 1.23 bits per heavy atom. The van der Waals surface area contributed by atoms with Crippen molar-refractivity contribution in [1.82, 2.24) is 13.9 Å². The first-order chi connectivity index (χ1) is 14.4. The Balaban J connectivity index is 1.64. The number of hydrogen-bond acceptors (Lipinski definition) is 6. The molecule has 0 bridgehead atoms. The summed E-state index contributed by atoms with van der Waals surface area (Å²) in [6.07, 6.45) is 6.21. The molecule has 1 amide bonds. The van der Waals surface area contributed by atoms with Crippen LogP contribution in [-0.4, -0.2) is 54.9 Å². The first-order valence-corrected chi connectivity index (χ1v) is 11.0.